The maximum Gasteiger partial charge on any atom is 0.178 e. The van der Waals surface area contributed by atoms with Crippen LogP contribution in [-0.4, -0.2) is 9.55 Å². The first-order valence-electron chi connectivity index (χ1n) is 5.24. The third kappa shape index (κ3) is 2.10. The molecule has 0 spiro atoms. The summed E-state index contributed by atoms with van der Waals surface area (Å²) in [6, 6.07) is 5.74. The van der Waals surface area contributed by atoms with Gasteiger partial charge in [0, 0.05) is 0 Å². The van der Waals surface area contributed by atoms with E-state index in [0.717, 1.165) is 17.6 Å². The van der Waals surface area contributed by atoms with Crippen LogP contribution in [-0.2, 0) is 6.54 Å². The van der Waals surface area contributed by atoms with E-state index in [1.807, 2.05) is 10.6 Å². The molecule has 3 aromatic rings. The van der Waals surface area contributed by atoms with Crippen molar-refractivity contribution in [2.75, 3.05) is 0 Å². The predicted molar refractivity (Wildman–Crippen MR) is 80.6 cm³/mol. The molecular formula is C12H8Cl2N2S2. The molecule has 0 aliphatic carbocycles. The zero-order valence-electron chi connectivity index (χ0n) is 9.11. The van der Waals surface area contributed by atoms with Crippen LogP contribution >= 0.6 is 46.8 Å². The average molecular weight is 315 g/mol. The third-order valence-electron chi connectivity index (χ3n) is 2.74. The van der Waals surface area contributed by atoms with Crippen LogP contribution in [0, 0.1) is 4.77 Å². The number of H-pyrrole nitrogens is 1. The van der Waals surface area contributed by atoms with Gasteiger partial charge in [0.05, 0.1) is 27.6 Å². The van der Waals surface area contributed by atoms with Crippen molar-refractivity contribution in [3.05, 3.63) is 49.3 Å². The molecule has 92 valence electrons. The number of fused-ring (bicyclic) bond motifs is 1. The summed E-state index contributed by atoms with van der Waals surface area (Å²) < 4.78 is 2.70. The Balaban J connectivity index is 2.19. The van der Waals surface area contributed by atoms with Crippen LogP contribution in [0.4, 0.5) is 0 Å². The highest BCUT2D eigenvalue weighted by Crippen LogP contribution is 2.28. The number of thiophene rings is 1. The summed E-state index contributed by atoms with van der Waals surface area (Å²) in [6.07, 6.45) is 0. The molecule has 0 bridgehead atoms. The minimum atomic E-state index is 0.531. The second-order valence-electron chi connectivity index (χ2n) is 3.93. The fraction of sp³-hybridized carbons (Fsp3) is 0.0833. The molecule has 0 saturated heterocycles. The molecule has 1 N–H and O–H groups in total. The Kier molecular flexibility index (Phi) is 3.20. The Hall–Kier alpha value is -0.810. The molecule has 0 amide bonds. The number of aromatic amines is 1. The molecule has 0 unspecified atom stereocenters. The van der Waals surface area contributed by atoms with E-state index >= 15 is 0 Å². The van der Waals surface area contributed by atoms with Gasteiger partial charge in [-0.25, -0.2) is 0 Å². The fourth-order valence-corrected chi connectivity index (χ4v) is 3.13. The lowest BCUT2D eigenvalue weighted by molar-refractivity contribution is 0.813. The van der Waals surface area contributed by atoms with Gasteiger partial charge in [-0.3, -0.25) is 0 Å². The van der Waals surface area contributed by atoms with E-state index in [1.165, 1.54) is 5.56 Å². The van der Waals surface area contributed by atoms with E-state index in [1.54, 1.807) is 17.4 Å². The number of hydrogen-bond donors (Lipinski definition) is 1. The maximum atomic E-state index is 6.06. The highest BCUT2D eigenvalue weighted by atomic mass is 35.5. The molecule has 2 nitrogen and oxygen atoms in total. The Morgan fingerprint density at radius 1 is 1.28 bits per heavy atom. The second-order valence-corrected chi connectivity index (χ2v) is 5.91. The van der Waals surface area contributed by atoms with E-state index in [2.05, 4.69) is 21.8 Å². The smallest absolute Gasteiger partial charge is 0.178 e. The van der Waals surface area contributed by atoms with E-state index in [-0.39, 0.29) is 0 Å². The van der Waals surface area contributed by atoms with Gasteiger partial charge in [-0.2, -0.15) is 11.3 Å². The van der Waals surface area contributed by atoms with Gasteiger partial charge < -0.3 is 9.55 Å². The van der Waals surface area contributed by atoms with Crippen LogP contribution in [0.2, 0.25) is 10.0 Å². The van der Waals surface area contributed by atoms with Crippen molar-refractivity contribution in [1.29, 1.82) is 0 Å². The van der Waals surface area contributed by atoms with Crippen molar-refractivity contribution in [2.45, 2.75) is 6.54 Å². The van der Waals surface area contributed by atoms with Crippen LogP contribution in [0.15, 0.2) is 29.0 Å². The van der Waals surface area contributed by atoms with Crippen LogP contribution in [0.5, 0.6) is 0 Å². The van der Waals surface area contributed by atoms with Crippen LogP contribution in [0.1, 0.15) is 5.56 Å². The zero-order valence-corrected chi connectivity index (χ0v) is 12.3. The van der Waals surface area contributed by atoms with Gasteiger partial charge in [-0.1, -0.05) is 23.2 Å². The summed E-state index contributed by atoms with van der Waals surface area (Å²) in [5.41, 5.74) is 3.10. The van der Waals surface area contributed by atoms with Crippen molar-refractivity contribution < 1.29 is 0 Å². The number of hydrogen-bond acceptors (Lipinski definition) is 2. The first-order valence-corrected chi connectivity index (χ1v) is 7.34. The Morgan fingerprint density at radius 3 is 2.78 bits per heavy atom. The number of rotatable bonds is 2. The lowest BCUT2D eigenvalue weighted by Crippen LogP contribution is -1.98. The lowest BCUT2D eigenvalue weighted by atomic mass is 10.3. The summed E-state index contributed by atoms with van der Waals surface area (Å²) in [4.78, 5) is 3.15. The summed E-state index contributed by atoms with van der Waals surface area (Å²) in [6.45, 7) is 0.736. The fourth-order valence-electron chi connectivity index (χ4n) is 1.87. The summed E-state index contributed by atoms with van der Waals surface area (Å²) in [5.74, 6) is 0. The predicted octanol–water partition coefficient (Wildman–Crippen LogP) is 5.12. The molecule has 0 aliphatic heterocycles. The van der Waals surface area contributed by atoms with Gasteiger partial charge in [0.2, 0.25) is 0 Å². The molecule has 1 aromatic carbocycles. The first kappa shape index (κ1) is 12.2. The van der Waals surface area contributed by atoms with Crippen molar-refractivity contribution in [3.8, 4) is 0 Å². The van der Waals surface area contributed by atoms with Gasteiger partial charge in [0.25, 0.3) is 0 Å². The molecule has 0 radical (unpaired) electrons. The van der Waals surface area contributed by atoms with Crippen molar-refractivity contribution in [3.63, 3.8) is 0 Å². The zero-order chi connectivity index (χ0) is 12.7. The second kappa shape index (κ2) is 4.70. The number of halogens is 2. The molecule has 3 rings (SSSR count). The van der Waals surface area contributed by atoms with E-state index in [0.29, 0.717) is 14.8 Å². The largest absolute Gasteiger partial charge is 0.331 e. The molecule has 2 aromatic heterocycles. The van der Waals surface area contributed by atoms with Crippen LogP contribution < -0.4 is 0 Å². The average Bonchev–Trinajstić information content (AvgIpc) is 2.92. The number of imidazole rings is 1. The minimum absolute atomic E-state index is 0.531. The highest BCUT2D eigenvalue weighted by Gasteiger charge is 2.08. The SMILES string of the molecule is S=c1[nH]c2cc(Cl)c(Cl)cc2n1Cc1ccsc1. The molecule has 0 aliphatic rings. The topological polar surface area (TPSA) is 20.7 Å². The van der Waals surface area contributed by atoms with Gasteiger partial charge in [0.1, 0.15) is 0 Å². The van der Waals surface area contributed by atoms with Crippen molar-refractivity contribution >= 4 is 57.8 Å². The van der Waals surface area contributed by atoms with E-state index in [4.69, 9.17) is 35.4 Å². The van der Waals surface area contributed by atoms with Crippen molar-refractivity contribution in [1.82, 2.24) is 9.55 Å². The van der Waals surface area contributed by atoms with Gasteiger partial charge >= 0.3 is 0 Å². The van der Waals surface area contributed by atoms with Crippen molar-refractivity contribution in [2.24, 2.45) is 0 Å². The van der Waals surface area contributed by atoms with Crippen LogP contribution in [0.3, 0.4) is 0 Å². The third-order valence-corrected chi connectivity index (χ3v) is 4.51. The first-order chi connectivity index (χ1) is 8.65. The number of benzene rings is 1. The molecule has 0 atom stereocenters. The van der Waals surface area contributed by atoms with Crippen LogP contribution in [0.25, 0.3) is 11.0 Å². The number of nitrogens with zero attached hydrogens (tertiary/aromatic N) is 1. The molecule has 2 heterocycles. The molecule has 6 heteroatoms. The quantitative estimate of drug-likeness (QED) is 0.651. The highest BCUT2D eigenvalue weighted by molar-refractivity contribution is 7.71. The monoisotopic (exact) mass is 314 g/mol. The van der Waals surface area contributed by atoms with E-state index in [9.17, 15) is 0 Å². The lowest BCUT2D eigenvalue weighted by Gasteiger charge is -2.03. The maximum absolute atomic E-state index is 6.06. The molecular weight excluding hydrogens is 307 g/mol. The summed E-state index contributed by atoms with van der Waals surface area (Å²) in [5, 5.41) is 5.23. The normalized spacial score (nSPS) is 11.2. The van der Waals surface area contributed by atoms with E-state index < -0.39 is 0 Å². The standard InChI is InChI=1S/C12H8Cl2N2S2/c13-8-3-10-11(4-9(8)14)16(12(17)15-10)5-7-1-2-18-6-7/h1-4,6H,5H2,(H,15,17). The van der Waals surface area contributed by atoms with Gasteiger partial charge in [-0.05, 0) is 46.7 Å². The Morgan fingerprint density at radius 2 is 2.06 bits per heavy atom. The summed E-state index contributed by atoms with van der Waals surface area (Å²) >= 11 is 19.1. The molecule has 0 saturated carbocycles. The molecule has 0 fully saturated rings. The minimum Gasteiger partial charge on any atom is -0.331 e. The van der Waals surface area contributed by atoms with Gasteiger partial charge in [0.15, 0.2) is 4.77 Å². The van der Waals surface area contributed by atoms with Gasteiger partial charge in [-0.15, -0.1) is 0 Å². The molecule has 18 heavy (non-hydrogen) atoms. The summed E-state index contributed by atoms with van der Waals surface area (Å²) in [7, 11) is 0. The number of nitrogens with one attached hydrogen (secondary N) is 1. The Labute approximate surface area is 123 Å². The Bertz CT molecular complexity index is 756. The number of aromatic nitrogens is 2.